The van der Waals surface area contributed by atoms with Crippen LogP contribution in [0.5, 0.6) is 11.5 Å². The molecule has 0 aliphatic rings. The molecule has 0 amide bonds. The number of rotatable bonds is 6. The largest absolute Gasteiger partial charge is 4.00 e. The number of pyridine rings is 1. The normalized spacial score (nSPS) is 12.0. The molecule has 0 aliphatic carbocycles. The van der Waals surface area contributed by atoms with E-state index in [4.69, 9.17) is 0 Å². The van der Waals surface area contributed by atoms with Crippen LogP contribution in [0.25, 0.3) is 10.6 Å². The van der Waals surface area contributed by atoms with E-state index in [1.165, 1.54) is 0 Å². The molecule has 0 saturated carbocycles. The summed E-state index contributed by atoms with van der Waals surface area (Å²) in [7, 11) is 7.00. The van der Waals surface area contributed by atoms with Gasteiger partial charge in [0, 0.05) is 25.8 Å². The predicted octanol–water partition coefficient (Wildman–Crippen LogP) is 8.86. The average Bonchev–Trinajstić information content (AvgIpc) is 2.89. The zero-order valence-electron chi connectivity index (χ0n) is 32.3. The van der Waals surface area contributed by atoms with Crippen molar-refractivity contribution in [1.82, 2.24) is 9.88 Å². The van der Waals surface area contributed by atoms with Gasteiger partial charge in [0.1, 0.15) is 0 Å². The van der Waals surface area contributed by atoms with E-state index in [-0.39, 0.29) is 54.9 Å². The Morgan fingerprint density at radius 2 is 0.936 bits per heavy atom. The fourth-order valence-corrected chi connectivity index (χ4v) is 4.96. The third kappa shape index (κ3) is 14.0. The molecule has 0 radical (unpaired) electrons. The first-order valence-corrected chi connectivity index (χ1v) is 16.3. The van der Waals surface area contributed by atoms with Crippen LogP contribution in [0.2, 0.25) is 0 Å². The number of benzene rings is 2. The number of hydrogen-bond acceptors (Lipinski definition) is 4. The summed E-state index contributed by atoms with van der Waals surface area (Å²) in [6.45, 7) is 27.1. The molecule has 1 heterocycles. The zero-order chi connectivity index (χ0) is 35.7. The molecule has 2 aromatic carbocycles. The fraction of sp³-hybridized carbons (Fsp3) is 0.575. The predicted molar refractivity (Wildman–Crippen MR) is 194 cm³/mol. The van der Waals surface area contributed by atoms with E-state index in [1.54, 1.807) is 34.4 Å². The minimum atomic E-state index is -0.274. The first-order chi connectivity index (χ1) is 21.0. The van der Waals surface area contributed by atoms with E-state index in [2.05, 4.69) is 128 Å². The average molecular weight is 679 g/mol. The van der Waals surface area contributed by atoms with Gasteiger partial charge in [0.05, 0.1) is 5.69 Å². The first-order valence-electron chi connectivity index (χ1n) is 16.3. The van der Waals surface area contributed by atoms with Crippen molar-refractivity contribution in [3.8, 4) is 11.5 Å². The quantitative estimate of drug-likeness (QED) is 0.244. The van der Waals surface area contributed by atoms with Crippen molar-refractivity contribution < 1.29 is 31.9 Å². The van der Waals surface area contributed by atoms with Crippen LogP contribution in [-0.4, -0.2) is 38.1 Å². The summed E-state index contributed by atoms with van der Waals surface area (Å²) in [6, 6.07) is 14.2. The topological polar surface area (TPSA) is 90.4 Å². The van der Waals surface area contributed by atoms with Gasteiger partial charge >= 0.3 is 21.7 Å². The Morgan fingerprint density at radius 1 is 0.574 bits per heavy atom. The van der Waals surface area contributed by atoms with Crippen LogP contribution >= 0.6 is 0 Å². The van der Waals surface area contributed by atoms with Gasteiger partial charge in [-0.15, -0.1) is 11.5 Å². The fourth-order valence-electron chi connectivity index (χ4n) is 4.96. The van der Waals surface area contributed by atoms with E-state index < -0.39 is 0 Å². The Labute approximate surface area is 303 Å². The summed E-state index contributed by atoms with van der Waals surface area (Å²) < 4.78 is 0. The van der Waals surface area contributed by atoms with Crippen molar-refractivity contribution in [3.63, 3.8) is 0 Å². The van der Waals surface area contributed by atoms with Gasteiger partial charge in [0.15, 0.2) is 0 Å². The molecule has 6 nitrogen and oxygen atoms in total. The van der Waals surface area contributed by atoms with Gasteiger partial charge in [-0.3, -0.25) is 9.88 Å². The standard InChI is InChI=1S/C36H52N2O2.2C2H6N.Ti/c1-33(2,3)26-17-24(31(39)29(19-26)35(7,8)9)21-38(23-28-15-13-14-16-37-28)22-25-18-27(34(4,5)6)20-30(32(25)40)36(10,11)12;2*1-3-2;/h13-20,39-40H,21-23H2,1-12H3;2*1-2H3;/q;2*-1;+4/p-2. The Balaban J connectivity index is 0.00000280. The molecule has 0 fully saturated rings. The minimum Gasteiger partial charge on any atom is -0.872 e. The molecule has 47 heavy (non-hydrogen) atoms. The maximum absolute atomic E-state index is 13.9. The van der Waals surface area contributed by atoms with Crippen molar-refractivity contribution in [2.75, 3.05) is 28.2 Å². The van der Waals surface area contributed by atoms with Gasteiger partial charge in [0.25, 0.3) is 0 Å². The Hall–Kier alpha value is -2.22. The van der Waals surface area contributed by atoms with Gasteiger partial charge in [0.2, 0.25) is 0 Å². The first kappa shape index (κ1) is 44.8. The van der Waals surface area contributed by atoms with Crippen molar-refractivity contribution in [1.29, 1.82) is 0 Å². The number of hydrogen-bond donors (Lipinski definition) is 0. The van der Waals surface area contributed by atoms with Crippen molar-refractivity contribution in [3.05, 3.63) is 98.4 Å². The third-order valence-electron chi connectivity index (χ3n) is 7.58. The van der Waals surface area contributed by atoms with Crippen LogP contribution in [-0.2, 0) is 63.0 Å². The molecule has 0 N–H and O–H groups in total. The van der Waals surface area contributed by atoms with Gasteiger partial charge in [-0.2, -0.15) is 28.2 Å². The molecular formula is C40H62N4O2Ti. The zero-order valence-corrected chi connectivity index (χ0v) is 33.9. The van der Waals surface area contributed by atoms with Crippen molar-refractivity contribution in [2.24, 2.45) is 0 Å². The second-order valence-corrected chi connectivity index (χ2v) is 16.4. The Kier molecular flexibility index (Phi) is 17.6. The summed E-state index contributed by atoms with van der Waals surface area (Å²) in [5, 5.41) is 34.7. The molecule has 258 valence electrons. The SMILES string of the molecule is CC(C)(C)c1cc(CN(Cc2ccccn2)Cc2cc(C(C)(C)C)cc(C(C)(C)C)c2[O-])c([O-])c(C(C)(C)C)c1.C[N-]C.C[N-]C.[Ti+4]. The number of nitrogens with zero attached hydrogens (tertiary/aromatic N) is 4. The summed E-state index contributed by atoms with van der Waals surface area (Å²) >= 11 is 0. The van der Waals surface area contributed by atoms with Crippen LogP contribution in [0.4, 0.5) is 0 Å². The molecule has 1 aromatic heterocycles. The number of aromatic nitrogens is 1. The summed E-state index contributed by atoms with van der Waals surface area (Å²) in [6.07, 6.45) is 1.79. The molecule has 7 heteroatoms. The second kappa shape index (κ2) is 18.5. The Morgan fingerprint density at radius 3 is 1.21 bits per heavy atom. The monoisotopic (exact) mass is 678 g/mol. The van der Waals surface area contributed by atoms with Gasteiger partial charge in [-0.1, -0.05) is 113 Å². The molecule has 0 unspecified atom stereocenters. The van der Waals surface area contributed by atoms with Crippen LogP contribution in [0.1, 0.15) is 122 Å². The summed E-state index contributed by atoms with van der Waals surface area (Å²) in [5.41, 5.74) is 5.68. The Bertz CT molecular complexity index is 1280. The molecule has 0 aliphatic heterocycles. The van der Waals surface area contributed by atoms with E-state index in [0.29, 0.717) is 19.6 Å². The van der Waals surface area contributed by atoms with E-state index in [1.807, 2.05) is 18.2 Å². The van der Waals surface area contributed by atoms with Crippen molar-refractivity contribution in [2.45, 2.75) is 124 Å². The van der Waals surface area contributed by atoms with E-state index >= 15 is 0 Å². The van der Waals surface area contributed by atoms with Crippen LogP contribution < -0.4 is 10.2 Å². The molecule has 3 rings (SSSR count). The molecule has 3 aromatic rings. The third-order valence-corrected chi connectivity index (χ3v) is 7.58. The minimum absolute atomic E-state index is 0. The molecule has 0 saturated heterocycles. The second-order valence-electron chi connectivity index (χ2n) is 16.4. The molecule has 0 atom stereocenters. The van der Waals surface area contributed by atoms with E-state index in [9.17, 15) is 10.2 Å². The van der Waals surface area contributed by atoms with Crippen LogP contribution in [0.15, 0.2) is 48.7 Å². The molecule has 0 spiro atoms. The molecule has 0 bridgehead atoms. The maximum Gasteiger partial charge on any atom is 4.00 e. The van der Waals surface area contributed by atoms with Crippen LogP contribution in [0, 0.1) is 0 Å². The van der Waals surface area contributed by atoms with Gasteiger partial charge < -0.3 is 20.8 Å². The smallest absolute Gasteiger partial charge is 0.872 e. The maximum atomic E-state index is 13.9. The van der Waals surface area contributed by atoms with Gasteiger partial charge in [-0.25, -0.2) is 0 Å². The van der Waals surface area contributed by atoms with Crippen LogP contribution in [0.3, 0.4) is 0 Å². The summed E-state index contributed by atoms with van der Waals surface area (Å²) in [5.74, 6) is 0.181. The van der Waals surface area contributed by atoms with Crippen molar-refractivity contribution >= 4 is 0 Å². The molecular weight excluding hydrogens is 616 g/mol. The van der Waals surface area contributed by atoms with Gasteiger partial charge in [-0.05, 0) is 67.2 Å². The van der Waals surface area contributed by atoms with E-state index in [0.717, 1.165) is 39.1 Å². The summed E-state index contributed by atoms with van der Waals surface area (Å²) in [4.78, 5) is 6.78.